The second kappa shape index (κ2) is 6.37. The fourth-order valence-electron chi connectivity index (χ4n) is 2.63. The van der Waals surface area contributed by atoms with Crippen molar-refractivity contribution in [2.45, 2.75) is 45.5 Å². The van der Waals surface area contributed by atoms with E-state index in [1.165, 1.54) is 7.11 Å². The standard InChI is InChI=1S/C14H23N3O3/c1-10(2)6-17-8-11(5-15-17)7-16-9-12(18)4-13(16)14(19)20-3/h5,8,10,12-13,18H,4,6-7,9H2,1-3H3/t12-,13-/m1/s1. The largest absolute Gasteiger partial charge is 0.468 e. The zero-order valence-electron chi connectivity index (χ0n) is 12.3. The molecule has 0 spiro atoms. The third-order valence-corrected chi connectivity index (χ3v) is 3.48. The van der Waals surface area contributed by atoms with E-state index < -0.39 is 6.10 Å². The van der Waals surface area contributed by atoms with Crippen LogP contribution >= 0.6 is 0 Å². The Balaban J connectivity index is 2.00. The Morgan fingerprint density at radius 3 is 3.00 bits per heavy atom. The van der Waals surface area contributed by atoms with Crippen LogP contribution < -0.4 is 0 Å². The monoisotopic (exact) mass is 281 g/mol. The Bertz CT molecular complexity index is 458. The van der Waals surface area contributed by atoms with Gasteiger partial charge in [-0.3, -0.25) is 14.4 Å². The van der Waals surface area contributed by atoms with Crippen LogP contribution in [-0.4, -0.2) is 51.6 Å². The summed E-state index contributed by atoms with van der Waals surface area (Å²) < 4.78 is 6.71. The Morgan fingerprint density at radius 2 is 2.35 bits per heavy atom. The number of β-amino-alcohol motifs (C(OH)–C–C–N with tert-alkyl or cyclic N) is 1. The van der Waals surface area contributed by atoms with Crippen molar-refractivity contribution in [3.63, 3.8) is 0 Å². The van der Waals surface area contributed by atoms with Gasteiger partial charge in [0.1, 0.15) is 6.04 Å². The number of rotatable bonds is 5. The van der Waals surface area contributed by atoms with Gasteiger partial charge in [0.05, 0.1) is 19.4 Å². The van der Waals surface area contributed by atoms with Crippen molar-refractivity contribution in [3.05, 3.63) is 18.0 Å². The SMILES string of the molecule is COC(=O)[C@H]1C[C@@H](O)CN1Cc1cnn(CC(C)C)c1. The third kappa shape index (κ3) is 3.58. The molecule has 1 N–H and O–H groups in total. The average molecular weight is 281 g/mol. The van der Waals surface area contributed by atoms with E-state index in [0.717, 1.165) is 12.1 Å². The number of aliphatic hydroxyl groups is 1. The molecule has 1 fully saturated rings. The highest BCUT2D eigenvalue weighted by molar-refractivity contribution is 5.76. The van der Waals surface area contributed by atoms with Crippen molar-refractivity contribution in [1.82, 2.24) is 14.7 Å². The topological polar surface area (TPSA) is 67.6 Å². The summed E-state index contributed by atoms with van der Waals surface area (Å²) in [5.41, 5.74) is 1.05. The fraction of sp³-hybridized carbons (Fsp3) is 0.714. The van der Waals surface area contributed by atoms with E-state index in [2.05, 4.69) is 18.9 Å². The van der Waals surface area contributed by atoms with E-state index in [9.17, 15) is 9.90 Å². The lowest BCUT2D eigenvalue weighted by Crippen LogP contribution is -2.36. The quantitative estimate of drug-likeness (QED) is 0.803. The molecule has 1 saturated heterocycles. The van der Waals surface area contributed by atoms with Crippen molar-refractivity contribution < 1.29 is 14.6 Å². The molecule has 6 nitrogen and oxygen atoms in total. The van der Waals surface area contributed by atoms with Gasteiger partial charge in [-0.1, -0.05) is 13.8 Å². The Morgan fingerprint density at radius 1 is 1.60 bits per heavy atom. The maximum Gasteiger partial charge on any atom is 0.323 e. The van der Waals surface area contributed by atoms with Crippen LogP contribution in [0.2, 0.25) is 0 Å². The smallest absolute Gasteiger partial charge is 0.323 e. The zero-order chi connectivity index (χ0) is 14.7. The molecule has 2 atom stereocenters. The van der Waals surface area contributed by atoms with Crippen molar-refractivity contribution in [2.75, 3.05) is 13.7 Å². The Hall–Kier alpha value is -1.40. The Kier molecular flexibility index (Phi) is 4.77. The molecule has 0 bridgehead atoms. The molecule has 0 unspecified atom stereocenters. The van der Waals surface area contributed by atoms with E-state index in [4.69, 9.17) is 4.74 Å². The van der Waals surface area contributed by atoms with Gasteiger partial charge >= 0.3 is 5.97 Å². The van der Waals surface area contributed by atoms with Gasteiger partial charge in [0.15, 0.2) is 0 Å². The molecular weight excluding hydrogens is 258 g/mol. The van der Waals surface area contributed by atoms with Gasteiger partial charge < -0.3 is 9.84 Å². The maximum atomic E-state index is 11.7. The van der Waals surface area contributed by atoms with Crippen LogP contribution in [0.3, 0.4) is 0 Å². The first-order valence-electron chi connectivity index (χ1n) is 7.01. The van der Waals surface area contributed by atoms with Crippen LogP contribution in [0.25, 0.3) is 0 Å². The lowest BCUT2D eigenvalue weighted by atomic mass is 10.2. The van der Waals surface area contributed by atoms with Gasteiger partial charge in [-0.15, -0.1) is 0 Å². The van der Waals surface area contributed by atoms with Crippen LogP contribution in [-0.2, 0) is 22.6 Å². The van der Waals surface area contributed by atoms with Gasteiger partial charge in [-0.25, -0.2) is 0 Å². The lowest BCUT2D eigenvalue weighted by Gasteiger charge is -2.21. The summed E-state index contributed by atoms with van der Waals surface area (Å²) in [7, 11) is 1.38. The predicted octanol–water partition coefficient (Wildman–Crippen LogP) is 0.647. The summed E-state index contributed by atoms with van der Waals surface area (Å²) in [5, 5.41) is 14.1. The number of hydrogen-bond donors (Lipinski definition) is 1. The fourth-order valence-corrected chi connectivity index (χ4v) is 2.63. The number of esters is 1. The highest BCUT2D eigenvalue weighted by Gasteiger charge is 2.36. The average Bonchev–Trinajstić information content (AvgIpc) is 2.95. The minimum absolute atomic E-state index is 0.281. The summed E-state index contributed by atoms with van der Waals surface area (Å²) in [6, 6.07) is -0.358. The summed E-state index contributed by atoms with van der Waals surface area (Å²) in [6.07, 6.45) is 3.79. The van der Waals surface area contributed by atoms with Crippen LogP contribution in [0.4, 0.5) is 0 Å². The summed E-state index contributed by atoms with van der Waals surface area (Å²) in [5.74, 6) is 0.260. The van der Waals surface area contributed by atoms with Gasteiger partial charge in [-0.05, 0) is 5.92 Å². The van der Waals surface area contributed by atoms with Crippen molar-refractivity contribution in [3.8, 4) is 0 Å². The molecule has 20 heavy (non-hydrogen) atoms. The number of aliphatic hydroxyl groups excluding tert-OH is 1. The molecule has 0 radical (unpaired) electrons. The number of methoxy groups -OCH3 is 1. The minimum atomic E-state index is -0.468. The highest BCUT2D eigenvalue weighted by Crippen LogP contribution is 2.21. The van der Waals surface area contributed by atoms with Gasteiger partial charge in [0.2, 0.25) is 0 Å². The van der Waals surface area contributed by atoms with E-state index in [1.54, 1.807) is 0 Å². The van der Waals surface area contributed by atoms with Crippen molar-refractivity contribution in [1.29, 1.82) is 0 Å². The first-order valence-corrected chi connectivity index (χ1v) is 7.01. The van der Waals surface area contributed by atoms with Crippen molar-refractivity contribution in [2.24, 2.45) is 5.92 Å². The molecule has 6 heteroatoms. The van der Waals surface area contributed by atoms with E-state index in [1.807, 2.05) is 22.0 Å². The maximum absolute atomic E-state index is 11.7. The Labute approximate surface area is 119 Å². The van der Waals surface area contributed by atoms with Crippen LogP contribution in [0.1, 0.15) is 25.8 Å². The molecule has 0 amide bonds. The number of carbonyl (C=O) groups excluding carboxylic acids is 1. The summed E-state index contributed by atoms with van der Waals surface area (Å²) in [4.78, 5) is 13.7. The summed E-state index contributed by atoms with van der Waals surface area (Å²) in [6.45, 7) is 6.27. The molecule has 2 rings (SSSR count). The molecule has 1 aliphatic rings. The van der Waals surface area contributed by atoms with Gasteiger partial charge in [0.25, 0.3) is 0 Å². The molecule has 0 aliphatic carbocycles. The molecular formula is C14H23N3O3. The van der Waals surface area contributed by atoms with E-state index in [0.29, 0.717) is 25.4 Å². The number of hydrogen-bond acceptors (Lipinski definition) is 5. The van der Waals surface area contributed by atoms with Gasteiger partial charge in [-0.2, -0.15) is 5.10 Å². The molecule has 1 aromatic heterocycles. The van der Waals surface area contributed by atoms with E-state index >= 15 is 0 Å². The minimum Gasteiger partial charge on any atom is -0.468 e. The predicted molar refractivity (Wildman–Crippen MR) is 73.9 cm³/mol. The number of nitrogens with zero attached hydrogens (tertiary/aromatic N) is 3. The molecule has 1 aliphatic heterocycles. The van der Waals surface area contributed by atoms with Crippen LogP contribution in [0.5, 0.6) is 0 Å². The second-order valence-corrected chi connectivity index (χ2v) is 5.82. The van der Waals surface area contributed by atoms with Crippen molar-refractivity contribution >= 4 is 5.97 Å². The van der Waals surface area contributed by atoms with E-state index in [-0.39, 0.29) is 12.0 Å². The molecule has 112 valence electrons. The number of aromatic nitrogens is 2. The molecule has 2 heterocycles. The first kappa shape index (κ1) is 15.0. The zero-order valence-corrected chi connectivity index (χ0v) is 12.3. The number of ether oxygens (including phenoxy) is 1. The molecule has 0 saturated carbocycles. The highest BCUT2D eigenvalue weighted by atomic mass is 16.5. The lowest BCUT2D eigenvalue weighted by molar-refractivity contribution is -0.146. The number of carbonyl (C=O) groups is 1. The second-order valence-electron chi connectivity index (χ2n) is 5.82. The van der Waals surface area contributed by atoms with Gasteiger partial charge in [0, 0.05) is 37.8 Å². The van der Waals surface area contributed by atoms with Crippen LogP contribution in [0.15, 0.2) is 12.4 Å². The number of likely N-dealkylation sites (tertiary alicyclic amines) is 1. The van der Waals surface area contributed by atoms with Crippen LogP contribution in [0, 0.1) is 5.92 Å². The third-order valence-electron chi connectivity index (χ3n) is 3.48. The first-order chi connectivity index (χ1) is 9.49. The summed E-state index contributed by atoms with van der Waals surface area (Å²) >= 11 is 0. The molecule has 1 aromatic rings. The molecule has 0 aromatic carbocycles. The normalized spacial score (nSPS) is 23.4.